The molecule has 1 rings (SSSR count). The van der Waals surface area contributed by atoms with Crippen LogP contribution in [-0.4, -0.2) is 46.3 Å². The smallest absolute Gasteiger partial charge is 0.317 e. The quantitative estimate of drug-likeness (QED) is 0.613. The molecule has 1 aliphatic heterocycles. The number of nitrogens with zero attached hydrogens (tertiary/aromatic N) is 1. The molecular formula is C8H15NO3. The molecule has 0 aromatic rings. The molecule has 1 fully saturated rings. The Balaban J connectivity index is 2.43. The third-order valence-corrected chi connectivity index (χ3v) is 2.32. The van der Waals surface area contributed by atoms with Gasteiger partial charge in [-0.2, -0.15) is 0 Å². The van der Waals surface area contributed by atoms with Crippen molar-refractivity contribution in [1.29, 1.82) is 0 Å². The molecule has 0 amide bonds. The topological polar surface area (TPSA) is 60.8 Å². The maximum absolute atomic E-state index is 10.4. The summed E-state index contributed by atoms with van der Waals surface area (Å²) in [6.07, 6.45) is 1.33. The Kier molecular flexibility index (Phi) is 3.05. The molecule has 0 spiro atoms. The highest BCUT2D eigenvalue weighted by Crippen LogP contribution is 2.16. The van der Waals surface area contributed by atoms with Gasteiger partial charge in [0.2, 0.25) is 0 Å². The van der Waals surface area contributed by atoms with Gasteiger partial charge in [-0.05, 0) is 19.8 Å². The van der Waals surface area contributed by atoms with Crippen LogP contribution in [0.5, 0.6) is 0 Å². The zero-order chi connectivity index (χ0) is 9.14. The van der Waals surface area contributed by atoms with Crippen LogP contribution in [0.2, 0.25) is 0 Å². The number of likely N-dealkylation sites (tertiary alicyclic amines) is 1. The molecule has 0 saturated carbocycles. The van der Waals surface area contributed by atoms with Crippen molar-refractivity contribution in [3.05, 3.63) is 0 Å². The number of β-amino-alcohol motifs (C(OH)–C–C–N with tert-alkyl or cyclic N) is 1. The van der Waals surface area contributed by atoms with Crippen LogP contribution < -0.4 is 0 Å². The summed E-state index contributed by atoms with van der Waals surface area (Å²) in [6.45, 7) is 2.53. The fourth-order valence-electron chi connectivity index (χ4n) is 1.55. The van der Waals surface area contributed by atoms with Crippen molar-refractivity contribution in [2.75, 3.05) is 13.1 Å². The Morgan fingerprint density at radius 1 is 1.58 bits per heavy atom. The van der Waals surface area contributed by atoms with E-state index >= 15 is 0 Å². The molecule has 0 aliphatic carbocycles. The van der Waals surface area contributed by atoms with Crippen LogP contribution in [0, 0.1) is 0 Å². The first kappa shape index (κ1) is 9.48. The summed E-state index contributed by atoms with van der Waals surface area (Å²) in [5.74, 6) is -0.823. The third-order valence-electron chi connectivity index (χ3n) is 2.32. The first-order chi connectivity index (χ1) is 5.59. The number of hydrogen-bond donors (Lipinski definition) is 2. The van der Waals surface area contributed by atoms with Gasteiger partial charge in [0, 0.05) is 12.6 Å². The van der Waals surface area contributed by atoms with Gasteiger partial charge in [0.1, 0.15) is 0 Å². The first-order valence-corrected chi connectivity index (χ1v) is 4.23. The van der Waals surface area contributed by atoms with Crippen molar-refractivity contribution >= 4 is 5.97 Å². The second-order valence-corrected chi connectivity index (χ2v) is 3.40. The van der Waals surface area contributed by atoms with E-state index in [2.05, 4.69) is 0 Å². The summed E-state index contributed by atoms with van der Waals surface area (Å²) in [4.78, 5) is 12.2. The maximum Gasteiger partial charge on any atom is 0.317 e. The molecule has 2 atom stereocenters. The summed E-state index contributed by atoms with van der Waals surface area (Å²) in [6, 6.07) is 0.282. The predicted octanol–water partition coefficient (Wildman–Crippen LogP) is -0.0838. The van der Waals surface area contributed by atoms with Gasteiger partial charge >= 0.3 is 5.97 Å². The molecule has 0 bridgehead atoms. The molecule has 1 heterocycles. The summed E-state index contributed by atoms with van der Waals surface area (Å²) in [7, 11) is 0. The number of aliphatic hydroxyl groups excluding tert-OH is 1. The van der Waals surface area contributed by atoms with Crippen LogP contribution in [0.15, 0.2) is 0 Å². The van der Waals surface area contributed by atoms with Gasteiger partial charge in [-0.25, -0.2) is 0 Å². The van der Waals surface area contributed by atoms with E-state index in [0.29, 0.717) is 6.54 Å². The van der Waals surface area contributed by atoms with Crippen molar-refractivity contribution in [2.45, 2.75) is 31.9 Å². The number of hydrogen-bond acceptors (Lipinski definition) is 3. The average molecular weight is 173 g/mol. The van der Waals surface area contributed by atoms with Crippen LogP contribution >= 0.6 is 0 Å². The zero-order valence-corrected chi connectivity index (χ0v) is 7.23. The molecule has 2 N–H and O–H groups in total. The maximum atomic E-state index is 10.4. The number of piperidine rings is 1. The van der Waals surface area contributed by atoms with Gasteiger partial charge in [0.25, 0.3) is 0 Å². The van der Waals surface area contributed by atoms with Gasteiger partial charge in [-0.1, -0.05) is 0 Å². The molecule has 1 aliphatic rings. The molecule has 1 saturated heterocycles. The van der Waals surface area contributed by atoms with Crippen molar-refractivity contribution in [3.63, 3.8) is 0 Å². The standard InChI is InChI=1S/C8H15NO3/c1-6-2-3-7(10)4-9(6)5-8(11)12/h6-7,10H,2-5H2,1H3,(H,11,12). The Labute approximate surface area is 71.8 Å². The lowest BCUT2D eigenvalue weighted by Gasteiger charge is -2.34. The molecule has 0 radical (unpaired) electrons. The number of aliphatic hydroxyl groups is 1. The monoisotopic (exact) mass is 173 g/mol. The first-order valence-electron chi connectivity index (χ1n) is 4.23. The van der Waals surface area contributed by atoms with Crippen molar-refractivity contribution in [1.82, 2.24) is 4.90 Å². The molecule has 2 unspecified atom stereocenters. The van der Waals surface area contributed by atoms with Crippen LogP contribution in [0.1, 0.15) is 19.8 Å². The lowest BCUT2D eigenvalue weighted by Crippen LogP contribution is -2.46. The van der Waals surface area contributed by atoms with E-state index in [9.17, 15) is 9.90 Å². The molecule has 0 aromatic carbocycles. The summed E-state index contributed by atoms with van der Waals surface area (Å²) < 4.78 is 0. The molecule has 12 heavy (non-hydrogen) atoms. The number of rotatable bonds is 2. The van der Waals surface area contributed by atoms with E-state index in [1.807, 2.05) is 6.92 Å². The number of aliphatic carboxylic acids is 1. The lowest BCUT2D eigenvalue weighted by molar-refractivity contribution is -0.139. The Hall–Kier alpha value is -0.610. The van der Waals surface area contributed by atoms with E-state index < -0.39 is 5.97 Å². The molecular weight excluding hydrogens is 158 g/mol. The van der Waals surface area contributed by atoms with Crippen LogP contribution in [-0.2, 0) is 4.79 Å². The van der Waals surface area contributed by atoms with Crippen LogP contribution in [0.3, 0.4) is 0 Å². The Morgan fingerprint density at radius 3 is 2.83 bits per heavy atom. The van der Waals surface area contributed by atoms with Gasteiger partial charge in [0.05, 0.1) is 12.6 Å². The van der Waals surface area contributed by atoms with Crippen molar-refractivity contribution in [3.8, 4) is 0 Å². The minimum absolute atomic E-state index is 0.0399. The average Bonchev–Trinajstić information content (AvgIpc) is 1.96. The highest BCUT2D eigenvalue weighted by Gasteiger charge is 2.25. The largest absolute Gasteiger partial charge is 0.480 e. The normalized spacial score (nSPS) is 31.8. The van der Waals surface area contributed by atoms with E-state index in [-0.39, 0.29) is 18.7 Å². The minimum atomic E-state index is -0.823. The van der Waals surface area contributed by atoms with E-state index in [1.165, 1.54) is 0 Å². The SMILES string of the molecule is CC1CCC(O)CN1CC(=O)O. The highest BCUT2D eigenvalue weighted by molar-refractivity contribution is 5.69. The predicted molar refractivity (Wildman–Crippen MR) is 43.9 cm³/mol. The molecule has 4 heteroatoms. The van der Waals surface area contributed by atoms with E-state index in [0.717, 1.165) is 12.8 Å². The molecule has 4 nitrogen and oxygen atoms in total. The summed E-state index contributed by atoms with van der Waals surface area (Å²) in [5.41, 5.74) is 0. The second kappa shape index (κ2) is 3.87. The number of carbonyl (C=O) groups is 1. The second-order valence-electron chi connectivity index (χ2n) is 3.40. The van der Waals surface area contributed by atoms with Gasteiger partial charge in [-0.3, -0.25) is 9.69 Å². The molecule has 0 aromatic heterocycles. The van der Waals surface area contributed by atoms with E-state index in [4.69, 9.17) is 5.11 Å². The van der Waals surface area contributed by atoms with E-state index in [1.54, 1.807) is 4.90 Å². The summed E-state index contributed by atoms with van der Waals surface area (Å²) in [5, 5.41) is 17.8. The number of carboxylic acids is 1. The highest BCUT2D eigenvalue weighted by atomic mass is 16.4. The summed E-state index contributed by atoms with van der Waals surface area (Å²) >= 11 is 0. The van der Waals surface area contributed by atoms with Gasteiger partial charge < -0.3 is 10.2 Å². The van der Waals surface area contributed by atoms with Crippen LogP contribution in [0.4, 0.5) is 0 Å². The Bertz CT molecular complexity index is 172. The number of carboxylic acid groups (broad SMARTS) is 1. The Morgan fingerprint density at radius 2 is 2.25 bits per heavy atom. The third kappa shape index (κ3) is 2.46. The molecule has 70 valence electrons. The van der Waals surface area contributed by atoms with Gasteiger partial charge in [-0.15, -0.1) is 0 Å². The van der Waals surface area contributed by atoms with Crippen molar-refractivity contribution < 1.29 is 15.0 Å². The fraction of sp³-hybridized carbons (Fsp3) is 0.875. The fourth-order valence-corrected chi connectivity index (χ4v) is 1.55. The van der Waals surface area contributed by atoms with Gasteiger partial charge in [0.15, 0.2) is 0 Å². The minimum Gasteiger partial charge on any atom is -0.480 e. The zero-order valence-electron chi connectivity index (χ0n) is 7.23. The van der Waals surface area contributed by atoms with Crippen molar-refractivity contribution in [2.24, 2.45) is 0 Å². The van der Waals surface area contributed by atoms with Crippen LogP contribution in [0.25, 0.3) is 0 Å². The lowest BCUT2D eigenvalue weighted by atomic mass is 10.0.